The van der Waals surface area contributed by atoms with Crippen molar-refractivity contribution in [1.82, 2.24) is 0 Å². The number of allylic oxidation sites excluding steroid dienone is 1. The van der Waals surface area contributed by atoms with E-state index in [1.54, 1.807) is 45.9 Å². The van der Waals surface area contributed by atoms with Gasteiger partial charge in [0, 0.05) is 21.2 Å². The van der Waals surface area contributed by atoms with E-state index in [2.05, 4.69) is 15.9 Å². The number of hydrogen-bond acceptors (Lipinski definition) is 7. The van der Waals surface area contributed by atoms with Crippen molar-refractivity contribution in [2.45, 2.75) is 45.3 Å². The van der Waals surface area contributed by atoms with Gasteiger partial charge in [-0.3, -0.25) is 19.2 Å². The van der Waals surface area contributed by atoms with E-state index in [0.29, 0.717) is 4.47 Å². The molecule has 0 atom stereocenters. The molecule has 0 saturated carbocycles. The number of ketones is 2. The van der Waals surface area contributed by atoms with Crippen molar-refractivity contribution in [2.24, 2.45) is 0 Å². The fraction of sp³-hybridized carbons (Fsp3) is 0.280. The van der Waals surface area contributed by atoms with Crippen LogP contribution in [0.5, 0.6) is 5.75 Å². The Kier molecular flexibility index (Phi) is 5.74. The van der Waals surface area contributed by atoms with Crippen LogP contribution in [-0.2, 0) is 24.5 Å². The molecule has 1 aliphatic heterocycles. The van der Waals surface area contributed by atoms with Crippen LogP contribution in [-0.4, -0.2) is 35.7 Å². The van der Waals surface area contributed by atoms with E-state index in [4.69, 9.17) is 14.2 Å². The van der Waals surface area contributed by atoms with Gasteiger partial charge in [-0.1, -0.05) is 46.3 Å². The number of halogens is 1. The summed E-state index contributed by atoms with van der Waals surface area (Å²) in [5, 5.41) is 0. The largest absolute Gasteiger partial charge is 0.462 e. The van der Waals surface area contributed by atoms with Crippen molar-refractivity contribution < 1.29 is 33.4 Å². The lowest BCUT2D eigenvalue weighted by Gasteiger charge is -2.39. The highest BCUT2D eigenvalue weighted by Gasteiger charge is 2.63. The van der Waals surface area contributed by atoms with Crippen LogP contribution < -0.4 is 4.74 Å². The van der Waals surface area contributed by atoms with Crippen molar-refractivity contribution in [1.29, 1.82) is 0 Å². The van der Waals surface area contributed by atoms with Gasteiger partial charge < -0.3 is 14.2 Å². The summed E-state index contributed by atoms with van der Waals surface area (Å²) in [4.78, 5) is 54.6. The lowest BCUT2D eigenvalue weighted by Crippen LogP contribution is -2.54. The number of fused-ring (bicyclic) bond motifs is 2. The smallest absolute Gasteiger partial charge is 0.333 e. The maximum atomic E-state index is 13.8. The Labute approximate surface area is 198 Å². The van der Waals surface area contributed by atoms with Gasteiger partial charge in [0.1, 0.15) is 5.75 Å². The van der Waals surface area contributed by atoms with Crippen LogP contribution in [0.2, 0.25) is 0 Å². The molecule has 0 bridgehead atoms. The van der Waals surface area contributed by atoms with Crippen LogP contribution in [0.15, 0.2) is 58.3 Å². The molecule has 2 aromatic rings. The standard InChI is InChI=1S/C25H21BrO7/c1-12(2)31-23(29)25(24(30)32-13(3)4)17-10-9-14(26)11-18(17)33-22-19(25)20(27)15-7-5-6-8-16(15)21(22)28/h5-13H,1-4H3. The van der Waals surface area contributed by atoms with Gasteiger partial charge in [0.25, 0.3) is 0 Å². The second-order valence-electron chi connectivity index (χ2n) is 8.31. The summed E-state index contributed by atoms with van der Waals surface area (Å²) in [7, 11) is 0. The average molecular weight is 513 g/mol. The summed E-state index contributed by atoms with van der Waals surface area (Å²) in [5.74, 6) is -3.61. The van der Waals surface area contributed by atoms with Gasteiger partial charge >= 0.3 is 11.9 Å². The average Bonchev–Trinajstić information content (AvgIpc) is 2.74. The third-order valence-electron chi connectivity index (χ3n) is 5.31. The quantitative estimate of drug-likeness (QED) is 0.444. The number of carbonyl (C=O) groups excluding carboxylic acids is 4. The Morgan fingerprint density at radius 2 is 1.42 bits per heavy atom. The first-order valence-corrected chi connectivity index (χ1v) is 11.2. The SMILES string of the molecule is CC(C)OC(=O)C1(C(=O)OC(C)C)C2=C(Oc3cc(Br)ccc31)C(=O)c1ccccc1C2=O. The number of rotatable bonds is 4. The zero-order chi connectivity index (χ0) is 24.1. The summed E-state index contributed by atoms with van der Waals surface area (Å²) in [6.45, 7) is 6.50. The first-order valence-electron chi connectivity index (χ1n) is 10.4. The number of benzene rings is 2. The van der Waals surface area contributed by atoms with Crippen LogP contribution in [0.1, 0.15) is 54.0 Å². The minimum Gasteiger partial charge on any atom is -0.462 e. The van der Waals surface area contributed by atoms with Crippen LogP contribution in [0.4, 0.5) is 0 Å². The molecule has 33 heavy (non-hydrogen) atoms. The predicted molar refractivity (Wildman–Crippen MR) is 121 cm³/mol. The zero-order valence-electron chi connectivity index (χ0n) is 18.4. The molecule has 1 aliphatic carbocycles. The Morgan fingerprint density at radius 3 is 1.97 bits per heavy atom. The minimum atomic E-state index is -2.33. The molecule has 0 saturated heterocycles. The molecule has 0 amide bonds. The van der Waals surface area contributed by atoms with Crippen molar-refractivity contribution in [2.75, 3.05) is 0 Å². The number of ether oxygens (including phenoxy) is 3. The lowest BCUT2D eigenvalue weighted by molar-refractivity contribution is -0.167. The van der Waals surface area contributed by atoms with Crippen LogP contribution in [0.3, 0.4) is 0 Å². The molecule has 7 nitrogen and oxygen atoms in total. The van der Waals surface area contributed by atoms with E-state index in [1.165, 1.54) is 24.3 Å². The highest BCUT2D eigenvalue weighted by Crippen LogP contribution is 2.50. The minimum absolute atomic E-state index is 0.0706. The molecule has 0 spiro atoms. The van der Waals surface area contributed by atoms with E-state index in [0.717, 1.165) is 0 Å². The van der Waals surface area contributed by atoms with E-state index < -0.39 is 46.7 Å². The highest BCUT2D eigenvalue weighted by atomic mass is 79.9. The summed E-state index contributed by atoms with van der Waals surface area (Å²) in [5.41, 5.74) is -2.45. The van der Waals surface area contributed by atoms with Gasteiger partial charge in [-0.25, -0.2) is 0 Å². The molecule has 0 aromatic heterocycles. The number of Topliss-reactive ketones (excluding diaryl/α,β-unsaturated/α-hetero) is 2. The normalized spacial score (nSPS) is 16.1. The second kappa shape index (κ2) is 8.26. The van der Waals surface area contributed by atoms with Crippen LogP contribution in [0.25, 0.3) is 0 Å². The van der Waals surface area contributed by atoms with Crippen molar-refractivity contribution in [3.63, 3.8) is 0 Å². The molecule has 1 heterocycles. The predicted octanol–water partition coefficient (Wildman–Crippen LogP) is 4.32. The zero-order valence-corrected chi connectivity index (χ0v) is 20.0. The highest BCUT2D eigenvalue weighted by molar-refractivity contribution is 9.10. The molecule has 0 fully saturated rings. The molecular formula is C25H21BrO7. The summed E-state index contributed by atoms with van der Waals surface area (Å²) in [6.07, 6.45) is -1.21. The number of esters is 2. The van der Waals surface area contributed by atoms with E-state index in [9.17, 15) is 19.2 Å². The second-order valence-corrected chi connectivity index (χ2v) is 9.22. The topological polar surface area (TPSA) is 96.0 Å². The summed E-state index contributed by atoms with van der Waals surface area (Å²) < 4.78 is 17.5. The third-order valence-corrected chi connectivity index (χ3v) is 5.80. The molecule has 0 radical (unpaired) electrons. The van der Waals surface area contributed by atoms with E-state index >= 15 is 0 Å². The van der Waals surface area contributed by atoms with Gasteiger partial charge in [-0.05, 0) is 39.8 Å². The van der Waals surface area contributed by atoms with Crippen molar-refractivity contribution in [3.8, 4) is 5.75 Å². The summed E-state index contributed by atoms with van der Waals surface area (Å²) >= 11 is 3.34. The van der Waals surface area contributed by atoms with Crippen molar-refractivity contribution >= 4 is 39.4 Å². The van der Waals surface area contributed by atoms with Gasteiger partial charge in [-0.15, -0.1) is 0 Å². The molecule has 2 aliphatic rings. The summed E-state index contributed by atoms with van der Waals surface area (Å²) in [6, 6.07) is 10.8. The fourth-order valence-corrected chi connectivity index (χ4v) is 4.38. The Hall–Kier alpha value is -3.26. The van der Waals surface area contributed by atoms with Crippen LogP contribution in [0, 0.1) is 0 Å². The Bertz CT molecular complexity index is 1220. The maximum Gasteiger partial charge on any atom is 0.333 e. The molecular weight excluding hydrogens is 492 g/mol. The number of carbonyl (C=O) groups is 4. The molecule has 170 valence electrons. The first kappa shape index (κ1) is 22.9. The van der Waals surface area contributed by atoms with Crippen LogP contribution >= 0.6 is 15.9 Å². The Balaban J connectivity index is 2.11. The fourth-order valence-electron chi connectivity index (χ4n) is 4.04. The third kappa shape index (κ3) is 3.49. The Morgan fingerprint density at radius 1 is 0.879 bits per heavy atom. The molecule has 0 N–H and O–H groups in total. The lowest BCUT2D eigenvalue weighted by atomic mass is 9.66. The van der Waals surface area contributed by atoms with Gasteiger partial charge in [-0.2, -0.15) is 0 Å². The van der Waals surface area contributed by atoms with Gasteiger partial charge in [0.05, 0.1) is 17.8 Å². The van der Waals surface area contributed by atoms with E-state index in [-0.39, 0.29) is 28.2 Å². The monoisotopic (exact) mass is 512 g/mol. The van der Waals surface area contributed by atoms with Gasteiger partial charge in [0.15, 0.2) is 11.5 Å². The molecule has 8 heteroatoms. The van der Waals surface area contributed by atoms with E-state index in [1.807, 2.05) is 0 Å². The molecule has 4 rings (SSSR count). The number of hydrogen-bond donors (Lipinski definition) is 0. The maximum absolute atomic E-state index is 13.8. The van der Waals surface area contributed by atoms with Crippen molar-refractivity contribution in [3.05, 3.63) is 75.0 Å². The molecule has 2 aromatic carbocycles. The first-order chi connectivity index (χ1) is 15.6. The van der Waals surface area contributed by atoms with Gasteiger partial charge in [0.2, 0.25) is 11.2 Å². The molecule has 0 unspecified atom stereocenters.